The minimum absolute atomic E-state index is 0.138. The van der Waals surface area contributed by atoms with Gasteiger partial charge >= 0.3 is 17.5 Å². The van der Waals surface area contributed by atoms with Crippen molar-refractivity contribution in [1.29, 1.82) is 0 Å². The molecule has 1 aromatic carbocycles. The second kappa shape index (κ2) is 6.53. The van der Waals surface area contributed by atoms with Gasteiger partial charge in [-0.2, -0.15) is 9.55 Å². The summed E-state index contributed by atoms with van der Waals surface area (Å²) in [5.41, 5.74) is 0.243. The Morgan fingerprint density at radius 1 is 1.25 bits per heavy atom. The van der Waals surface area contributed by atoms with Gasteiger partial charge in [0.05, 0.1) is 6.61 Å². The molecule has 3 rings (SSSR count). The number of carbonyl (C=O) groups excluding carboxylic acids is 1. The van der Waals surface area contributed by atoms with Crippen molar-refractivity contribution in [3.8, 4) is 0 Å². The fourth-order valence-corrected chi connectivity index (χ4v) is 2.51. The minimum Gasteiger partial charge on any atom is -0.449 e. The first kappa shape index (κ1) is 15.7. The summed E-state index contributed by atoms with van der Waals surface area (Å²) < 4.78 is 7.11. The van der Waals surface area contributed by atoms with Crippen LogP contribution in [0.15, 0.2) is 46.1 Å². The molecule has 8 heteroatoms. The highest BCUT2D eigenvalue weighted by atomic mass is 16.5. The lowest BCUT2D eigenvalue weighted by Crippen LogP contribution is -2.30. The third-order valence-corrected chi connectivity index (χ3v) is 3.60. The molecule has 1 N–H and O–H groups in total. The number of benzene rings is 1. The number of hydrogen-bond acceptors (Lipinski definition) is 5. The summed E-state index contributed by atoms with van der Waals surface area (Å²) in [6.07, 6.45) is 1.07. The van der Waals surface area contributed by atoms with Gasteiger partial charge < -0.3 is 9.72 Å². The number of aryl methyl sites for hydroxylation is 2. The Hall–Kier alpha value is -3.16. The van der Waals surface area contributed by atoms with Gasteiger partial charge in [0.1, 0.15) is 5.52 Å². The minimum atomic E-state index is -0.792. The van der Waals surface area contributed by atoms with E-state index in [1.807, 2.05) is 30.3 Å². The number of imidazole rings is 1. The fourth-order valence-electron chi connectivity index (χ4n) is 2.51. The molecule has 0 aliphatic heterocycles. The van der Waals surface area contributed by atoms with Crippen LogP contribution >= 0.6 is 0 Å². The van der Waals surface area contributed by atoms with Crippen LogP contribution < -0.4 is 11.4 Å². The second-order valence-corrected chi connectivity index (χ2v) is 5.12. The SMILES string of the molecule is CCOC(=O)n1c(=O)n(CCc2ccccc2)c2nc(=O)[nH]cc21. The van der Waals surface area contributed by atoms with Gasteiger partial charge in [0.15, 0.2) is 5.65 Å². The van der Waals surface area contributed by atoms with Gasteiger partial charge in [0.2, 0.25) is 0 Å². The van der Waals surface area contributed by atoms with Gasteiger partial charge in [-0.15, -0.1) is 0 Å². The van der Waals surface area contributed by atoms with Crippen LogP contribution in [0.2, 0.25) is 0 Å². The topological polar surface area (TPSA) is 99.0 Å². The smallest absolute Gasteiger partial charge is 0.422 e. The summed E-state index contributed by atoms with van der Waals surface area (Å²) in [5.74, 6) is 0. The summed E-state index contributed by atoms with van der Waals surface area (Å²) in [5, 5.41) is 0. The van der Waals surface area contributed by atoms with Crippen molar-refractivity contribution in [3.63, 3.8) is 0 Å². The molecule has 0 radical (unpaired) electrons. The molecule has 0 aliphatic carbocycles. The molecular weight excluding hydrogens is 312 g/mol. The van der Waals surface area contributed by atoms with E-state index in [1.54, 1.807) is 6.92 Å². The van der Waals surface area contributed by atoms with E-state index in [9.17, 15) is 14.4 Å². The monoisotopic (exact) mass is 328 g/mol. The number of ether oxygens (including phenoxy) is 1. The Labute approximate surface area is 136 Å². The molecule has 2 aromatic heterocycles. The molecule has 2 heterocycles. The van der Waals surface area contributed by atoms with E-state index in [4.69, 9.17) is 4.74 Å². The number of carbonyl (C=O) groups is 1. The van der Waals surface area contributed by atoms with Crippen molar-refractivity contribution >= 4 is 17.3 Å². The predicted octanol–water partition coefficient (Wildman–Crippen LogP) is 1.13. The maximum atomic E-state index is 12.6. The Bertz CT molecular complexity index is 985. The number of fused-ring (bicyclic) bond motifs is 1. The van der Waals surface area contributed by atoms with Crippen LogP contribution in [0.5, 0.6) is 0 Å². The first-order valence-corrected chi connectivity index (χ1v) is 7.54. The summed E-state index contributed by atoms with van der Waals surface area (Å²) in [6.45, 7) is 2.08. The van der Waals surface area contributed by atoms with E-state index in [0.717, 1.165) is 10.1 Å². The van der Waals surface area contributed by atoms with Gasteiger partial charge in [-0.25, -0.2) is 14.4 Å². The van der Waals surface area contributed by atoms with E-state index in [-0.39, 0.29) is 17.8 Å². The maximum Gasteiger partial charge on any atom is 0.422 e. The molecule has 0 saturated heterocycles. The molecule has 0 fully saturated rings. The van der Waals surface area contributed by atoms with E-state index in [1.165, 1.54) is 10.8 Å². The van der Waals surface area contributed by atoms with Crippen molar-refractivity contribution in [1.82, 2.24) is 19.1 Å². The molecule has 8 nitrogen and oxygen atoms in total. The Morgan fingerprint density at radius 3 is 2.71 bits per heavy atom. The highest BCUT2D eigenvalue weighted by Gasteiger charge is 2.20. The van der Waals surface area contributed by atoms with Crippen molar-refractivity contribution in [2.45, 2.75) is 19.9 Å². The van der Waals surface area contributed by atoms with Crippen LogP contribution in [0.25, 0.3) is 11.2 Å². The van der Waals surface area contributed by atoms with Crippen LogP contribution in [-0.4, -0.2) is 31.8 Å². The summed E-state index contributed by atoms with van der Waals surface area (Å²) in [4.78, 5) is 42.4. The van der Waals surface area contributed by atoms with Gasteiger partial charge in [0.25, 0.3) is 0 Å². The summed E-state index contributed by atoms with van der Waals surface area (Å²) in [6, 6.07) is 9.60. The number of H-pyrrole nitrogens is 1. The average Bonchev–Trinajstić information content (AvgIpc) is 2.85. The first-order chi connectivity index (χ1) is 11.6. The van der Waals surface area contributed by atoms with Crippen LogP contribution in [0.1, 0.15) is 12.5 Å². The standard InChI is InChI=1S/C16H16N4O4/c1-2-24-16(23)20-12-10-17-14(21)18-13(12)19(15(20)22)9-8-11-6-4-3-5-7-11/h3-7,10H,2,8-9H2,1H3,(H,17,18,21). The highest BCUT2D eigenvalue weighted by Crippen LogP contribution is 2.10. The Balaban J connectivity index is 2.08. The lowest BCUT2D eigenvalue weighted by molar-refractivity contribution is 0.154. The van der Waals surface area contributed by atoms with Crippen LogP contribution in [0.3, 0.4) is 0 Å². The van der Waals surface area contributed by atoms with E-state index in [0.29, 0.717) is 13.0 Å². The van der Waals surface area contributed by atoms with Crippen LogP contribution in [0, 0.1) is 0 Å². The molecule has 0 atom stereocenters. The van der Waals surface area contributed by atoms with Crippen molar-refractivity contribution in [2.75, 3.05) is 6.61 Å². The van der Waals surface area contributed by atoms with Crippen LogP contribution in [-0.2, 0) is 17.7 Å². The molecule has 0 aliphatic rings. The van der Waals surface area contributed by atoms with Gasteiger partial charge in [-0.3, -0.25) is 4.57 Å². The lowest BCUT2D eigenvalue weighted by Gasteiger charge is -2.03. The number of aromatic nitrogens is 4. The zero-order valence-electron chi connectivity index (χ0n) is 13.1. The van der Waals surface area contributed by atoms with Crippen molar-refractivity contribution in [2.24, 2.45) is 0 Å². The summed E-state index contributed by atoms with van der Waals surface area (Å²) >= 11 is 0. The van der Waals surface area contributed by atoms with Gasteiger partial charge in [0, 0.05) is 12.7 Å². The van der Waals surface area contributed by atoms with E-state index in [2.05, 4.69) is 9.97 Å². The lowest BCUT2D eigenvalue weighted by atomic mass is 10.1. The molecule has 124 valence electrons. The predicted molar refractivity (Wildman–Crippen MR) is 87.2 cm³/mol. The van der Waals surface area contributed by atoms with Crippen molar-refractivity contribution in [3.05, 3.63) is 63.1 Å². The number of hydrogen-bond donors (Lipinski definition) is 1. The van der Waals surface area contributed by atoms with Gasteiger partial charge in [-0.05, 0) is 18.9 Å². The number of rotatable bonds is 4. The molecule has 0 saturated carbocycles. The first-order valence-electron chi connectivity index (χ1n) is 7.54. The van der Waals surface area contributed by atoms with Crippen molar-refractivity contribution < 1.29 is 9.53 Å². The average molecular weight is 328 g/mol. The molecular formula is C16H16N4O4. The molecule has 0 unspecified atom stereocenters. The third kappa shape index (κ3) is 2.85. The third-order valence-electron chi connectivity index (χ3n) is 3.60. The molecule has 0 bridgehead atoms. The number of nitrogens with one attached hydrogen (secondary N) is 1. The highest BCUT2D eigenvalue weighted by molar-refractivity contribution is 5.84. The fraction of sp³-hybridized carbons (Fsp3) is 0.250. The number of nitrogens with zero attached hydrogens (tertiary/aromatic N) is 3. The maximum absolute atomic E-state index is 12.6. The molecule has 3 aromatic rings. The zero-order valence-corrected chi connectivity index (χ0v) is 13.1. The Morgan fingerprint density at radius 2 is 2.00 bits per heavy atom. The molecule has 0 spiro atoms. The second-order valence-electron chi connectivity index (χ2n) is 5.12. The summed E-state index contributed by atoms with van der Waals surface area (Å²) in [7, 11) is 0. The largest absolute Gasteiger partial charge is 0.449 e. The van der Waals surface area contributed by atoms with E-state index >= 15 is 0 Å². The quantitative estimate of drug-likeness (QED) is 0.774. The normalized spacial score (nSPS) is 10.9. The zero-order chi connectivity index (χ0) is 17.1. The molecule has 0 amide bonds. The number of aromatic amines is 1. The van der Waals surface area contributed by atoms with E-state index < -0.39 is 17.5 Å². The Kier molecular flexibility index (Phi) is 4.28. The van der Waals surface area contributed by atoms with Crippen LogP contribution in [0.4, 0.5) is 4.79 Å². The molecule has 24 heavy (non-hydrogen) atoms. The van der Waals surface area contributed by atoms with Gasteiger partial charge in [-0.1, -0.05) is 30.3 Å².